The second-order valence-electron chi connectivity index (χ2n) is 4.98. The van der Waals surface area contributed by atoms with Crippen LogP contribution in [0.1, 0.15) is 11.8 Å². The molecule has 112 valence electrons. The van der Waals surface area contributed by atoms with Gasteiger partial charge < -0.3 is 5.32 Å². The summed E-state index contributed by atoms with van der Waals surface area (Å²) in [5.41, 5.74) is 3.32. The highest BCUT2D eigenvalue weighted by molar-refractivity contribution is 7.16. The van der Waals surface area contributed by atoms with Gasteiger partial charge in [-0.1, -0.05) is 19.1 Å². The van der Waals surface area contributed by atoms with E-state index in [-0.39, 0.29) is 5.82 Å². The van der Waals surface area contributed by atoms with Gasteiger partial charge in [-0.15, -0.1) is 11.3 Å². The van der Waals surface area contributed by atoms with Crippen LogP contribution < -0.4 is 5.32 Å². The molecule has 0 atom stereocenters. The Kier molecular flexibility index (Phi) is 4.61. The van der Waals surface area contributed by atoms with Gasteiger partial charge in [0.1, 0.15) is 5.82 Å². The molecule has 2 heterocycles. The Morgan fingerprint density at radius 3 is 2.45 bits per heavy atom. The summed E-state index contributed by atoms with van der Waals surface area (Å²) in [4.78, 5) is 6.55. The smallest absolute Gasteiger partial charge is 0.123 e. The Bertz CT molecular complexity index is 736. The van der Waals surface area contributed by atoms with E-state index in [1.165, 1.54) is 21.9 Å². The SMILES string of the molecule is CCNCc1cc(-c2ccc(F)cc2)c(-c2ccncc2)s1. The summed E-state index contributed by atoms with van der Waals surface area (Å²) in [5.74, 6) is -0.211. The molecular weight excluding hydrogens is 295 g/mol. The molecule has 1 N–H and O–H groups in total. The Balaban J connectivity index is 2.06. The van der Waals surface area contributed by atoms with Crippen LogP contribution in [0.3, 0.4) is 0 Å². The summed E-state index contributed by atoms with van der Waals surface area (Å²) in [6.45, 7) is 3.88. The van der Waals surface area contributed by atoms with Crippen molar-refractivity contribution in [3.8, 4) is 21.6 Å². The van der Waals surface area contributed by atoms with Crippen LogP contribution in [-0.2, 0) is 6.54 Å². The maximum absolute atomic E-state index is 13.2. The molecule has 1 aromatic carbocycles. The molecule has 22 heavy (non-hydrogen) atoms. The molecule has 0 radical (unpaired) electrons. The van der Waals surface area contributed by atoms with Gasteiger partial charge in [0, 0.05) is 34.3 Å². The van der Waals surface area contributed by atoms with Crippen molar-refractivity contribution < 1.29 is 4.39 Å². The quantitative estimate of drug-likeness (QED) is 0.737. The van der Waals surface area contributed by atoms with Gasteiger partial charge in [0.2, 0.25) is 0 Å². The fourth-order valence-corrected chi connectivity index (χ4v) is 3.49. The van der Waals surface area contributed by atoms with Crippen LogP contribution >= 0.6 is 11.3 Å². The fourth-order valence-electron chi connectivity index (χ4n) is 2.34. The van der Waals surface area contributed by atoms with Crippen molar-refractivity contribution in [2.24, 2.45) is 0 Å². The molecule has 3 rings (SSSR count). The number of hydrogen-bond donors (Lipinski definition) is 1. The van der Waals surface area contributed by atoms with E-state index in [4.69, 9.17) is 0 Å². The van der Waals surface area contributed by atoms with Crippen molar-refractivity contribution >= 4 is 11.3 Å². The van der Waals surface area contributed by atoms with Gasteiger partial charge in [-0.3, -0.25) is 4.98 Å². The summed E-state index contributed by atoms with van der Waals surface area (Å²) in [7, 11) is 0. The first-order chi connectivity index (χ1) is 10.8. The van der Waals surface area contributed by atoms with Gasteiger partial charge in [0.05, 0.1) is 0 Å². The summed E-state index contributed by atoms with van der Waals surface area (Å²) in [5, 5.41) is 3.36. The molecule has 0 bridgehead atoms. The van der Waals surface area contributed by atoms with Gasteiger partial charge in [-0.25, -0.2) is 4.39 Å². The van der Waals surface area contributed by atoms with Gasteiger partial charge in [-0.05, 0) is 48.0 Å². The molecule has 0 aliphatic heterocycles. The lowest BCUT2D eigenvalue weighted by molar-refractivity contribution is 0.628. The number of nitrogens with zero attached hydrogens (tertiary/aromatic N) is 1. The Labute approximate surface area is 133 Å². The fraction of sp³-hybridized carbons (Fsp3) is 0.167. The molecule has 3 aromatic rings. The van der Waals surface area contributed by atoms with E-state index >= 15 is 0 Å². The highest BCUT2D eigenvalue weighted by Gasteiger charge is 2.13. The number of aromatic nitrogens is 1. The van der Waals surface area contributed by atoms with Crippen molar-refractivity contribution in [2.45, 2.75) is 13.5 Å². The largest absolute Gasteiger partial charge is 0.312 e. The van der Waals surface area contributed by atoms with Crippen LogP contribution in [0.2, 0.25) is 0 Å². The third kappa shape index (κ3) is 3.24. The Morgan fingerprint density at radius 1 is 1.05 bits per heavy atom. The van der Waals surface area contributed by atoms with E-state index in [0.29, 0.717) is 0 Å². The van der Waals surface area contributed by atoms with Crippen LogP contribution in [0, 0.1) is 5.82 Å². The number of benzene rings is 1. The lowest BCUT2D eigenvalue weighted by Gasteiger charge is -2.04. The van der Waals surface area contributed by atoms with Gasteiger partial charge in [0.15, 0.2) is 0 Å². The summed E-state index contributed by atoms with van der Waals surface area (Å²) >= 11 is 1.77. The highest BCUT2D eigenvalue weighted by atomic mass is 32.1. The second kappa shape index (κ2) is 6.81. The predicted molar refractivity (Wildman–Crippen MR) is 90.3 cm³/mol. The first-order valence-electron chi connectivity index (χ1n) is 7.27. The van der Waals surface area contributed by atoms with Crippen molar-refractivity contribution in [2.75, 3.05) is 6.54 Å². The van der Waals surface area contributed by atoms with Crippen molar-refractivity contribution in [1.82, 2.24) is 10.3 Å². The first-order valence-corrected chi connectivity index (χ1v) is 8.09. The molecule has 0 saturated heterocycles. The Morgan fingerprint density at radius 2 is 1.77 bits per heavy atom. The van der Waals surface area contributed by atoms with Gasteiger partial charge >= 0.3 is 0 Å². The normalized spacial score (nSPS) is 10.8. The first kappa shape index (κ1) is 14.9. The average molecular weight is 312 g/mol. The maximum Gasteiger partial charge on any atom is 0.123 e. The molecule has 2 aromatic heterocycles. The van der Waals surface area contributed by atoms with E-state index in [0.717, 1.165) is 29.8 Å². The lowest BCUT2D eigenvalue weighted by Crippen LogP contribution is -2.10. The van der Waals surface area contributed by atoms with Crippen LogP contribution in [0.15, 0.2) is 54.9 Å². The van der Waals surface area contributed by atoms with Crippen LogP contribution in [0.5, 0.6) is 0 Å². The zero-order valence-electron chi connectivity index (χ0n) is 12.3. The number of nitrogens with one attached hydrogen (secondary N) is 1. The van der Waals surface area contributed by atoms with E-state index in [9.17, 15) is 4.39 Å². The zero-order valence-corrected chi connectivity index (χ0v) is 13.2. The van der Waals surface area contributed by atoms with E-state index in [2.05, 4.69) is 23.3 Å². The molecular formula is C18H17FN2S. The Hall–Kier alpha value is -2.04. The predicted octanol–water partition coefficient (Wildman–Crippen LogP) is 4.73. The molecule has 0 saturated carbocycles. The number of halogens is 1. The average Bonchev–Trinajstić information content (AvgIpc) is 2.98. The summed E-state index contributed by atoms with van der Waals surface area (Å²) < 4.78 is 13.2. The monoisotopic (exact) mass is 312 g/mol. The molecule has 0 fully saturated rings. The minimum atomic E-state index is -0.211. The van der Waals surface area contributed by atoms with Crippen molar-refractivity contribution in [3.05, 3.63) is 65.6 Å². The van der Waals surface area contributed by atoms with E-state index in [1.54, 1.807) is 23.7 Å². The molecule has 4 heteroatoms. The minimum absolute atomic E-state index is 0.211. The van der Waals surface area contributed by atoms with E-state index < -0.39 is 0 Å². The van der Waals surface area contributed by atoms with E-state index in [1.807, 2.05) is 24.3 Å². The topological polar surface area (TPSA) is 24.9 Å². The highest BCUT2D eigenvalue weighted by Crippen LogP contribution is 2.39. The third-order valence-corrected chi connectivity index (χ3v) is 4.61. The molecule has 0 unspecified atom stereocenters. The minimum Gasteiger partial charge on any atom is -0.312 e. The molecule has 0 aliphatic rings. The standard InChI is InChI=1S/C18H17FN2S/c1-2-20-12-16-11-17(13-3-5-15(19)6-4-13)18(22-16)14-7-9-21-10-8-14/h3-11,20H,2,12H2,1H3. The number of hydrogen-bond acceptors (Lipinski definition) is 3. The van der Waals surface area contributed by atoms with Crippen molar-refractivity contribution in [3.63, 3.8) is 0 Å². The zero-order chi connectivity index (χ0) is 15.4. The summed E-state index contributed by atoms with van der Waals surface area (Å²) in [6, 6.07) is 12.9. The maximum atomic E-state index is 13.2. The van der Waals surface area contributed by atoms with Crippen LogP contribution in [0.4, 0.5) is 4.39 Å². The second-order valence-corrected chi connectivity index (χ2v) is 6.12. The number of pyridine rings is 1. The lowest BCUT2D eigenvalue weighted by atomic mass is 10.0. The van der Waals surface area contributed by atoms with Crippen LogP contribution in [0.25, 0.3) is 21.6 Å². The molecule has 0 amide bonds. The van der Waals surface area contributed by atoms with Crippen molar-refractivity contribution in [1.29, 1.82) is 0 Å². The molecule has 2 nitrogen and oxygen atoms in total. The molecule has 0 spiro atoms. The van der Waals surface area contributed by atoms with Gasteiger partial charge in [-0.2, -0.15) is 0 Å². The third-order valence-electron chi connectivity index (χ3n) is 3.43. The molecule has 0 aliphatic carbocycles. The summed E-state index contributed by atoms with van der Waals surface area (Å²) in [6.07, 6.45) is 3.60. The van der Waals surface area contributed by atoms with Gasteiger partial charge in [0.25, 0.3) is 0 Å². The number of thiophene rings is 1. The van der Waals surface area contributed by atoms with Crippen LogP contribution in [-0.4, -0.2) is 11.5 Å². The number of rotatable bonds is 5.